The molecule has 1 heterocycles. The summed E-state index contributed by atoms with van der Waals surface area (Å²) in [4.78, 5) is 36.5. The molecule has 1 aliphatic heterocycles. The van der Waals surface area contributed by atoms with Crippen molar-refractivity contribution in [1.29, 1.82) is 0 Å². The van der Waals surface area contributed by atoms with Crippen LogP contribution in [0.4, 0.5) is 17.1 Å². The van der Waals surface area contributed by atoms with Gasteiger partial charge in [-0.1, -0.05) is 18.2 Å². The molecule has 0 radical (unpaired) electrons. The Morgan fingerprint density at radius 1 is 1.20 bits per heavy atom. The lowest BCUT2D eigenvalue weighted by Crippen LogP contribution is -2.43. The van der Waals surface area contributed by atoms with E-state index >= 15 is 0 Å². The second-order valence-electron chi connectivity index (χ2n) is 6.43. The SMILES string of the molecule is Nc1ccc(C(=O)OCC(=O)N(c2ccccc2)C2C=CS(=O)(=O)C2)cc1[N+](=O)[O-]. The first-order valence-corrected chi connectivity index (χ1v) is 10.4. The zero-order chi connectivity index (χ0) is 21.9. The number of para-hydroxylation sites is 1. The molecular formula is C19H17N3O7S. The fraction of sp³-hybridized carbons (Fsp3) is 0.158. The number of nitro benzene ring substituents is 1. The predicted molar refractivity (Wildman–Crippen MR) is 108 cm³/mol. The third-order valence-corrected chi connectivity index (χ3v) is 5.71. The van der Waals surface area contributed by atoms with Crippen molar-refractivity contribution in [2.45, 2.75) is 6.04 Å². The van der Waals surface area contributed by atoms with Gasteiger partial charge in [0.15, 0.2) is 16.4 Å². The summed E-state index contributed by atoms with van der Waals surface area (Å²) in [7, 11) is -3.43. The number of sulfone groups is 1. The van der Waals surface area contributed by atoms with Crippen molar-refractivity contribution < 1.29 is 27.7 Å². The van der Waals surface area contributed by atoms with Gasteiger partial charge in [0.25, 0.3) is 11.6 Å². The number of carbonyl (C=O) groups excluding carboxylic acids is 2. The molecule has 0 aromatic heterocycles. The molecule has 11 heteroatoms. The maximum Gasteiger partial charge on any atom is 0.338 e. The van der Waals surface area contributed by atoms with Crippen molar-refractivity contribution in [3.63, 3.8) is 0 Å². The van der Waals surface area contributed by atoms with E-state index in [4.69, 9.17) is 10.5 Å². The molecule has 2 N–H and O–H groups in total. The third-order valence-electron chi connectivity index (χ3n) is 4.34. The van der Waals surface area contributed by atoms with E-state index < -0.39 is 45.0 Å². The smallest absolute Gasteiger partial charge is 0.338 e. The molecule has 1 atom stereocenters. The molecule has 1 aliphatic rings. The maximum absolute atomic E-state index is 12.8. The fourth-order valence-electron chi connectivity index (χ4n) is 2.94. The van der Waals surface area contributed by atoms with Crippen LogP contribution in [0, 0.1) is 10.1 Å². The van der Waals surface area contributed by atoms with Crippen LogP contribution in [0.3, 0.4) is 0 Å². The molecule has 30 heavy (non-hydrogen) atoms. The molecule has 0 saturated carbocycles. The van der Waals surface area contributed by atoms with Gasteiger partial charge in [0.1, 0.15) is 5.69 Å². The molecule has 0 aliphatic carbocycles. The molecule has 3 rings (SSSR count). The lowest BCUT2D eigenvalue weighted by atomic mass is 10.2. The molecule has 1 unspecified atom stereocenters. The van der Waals surface area contributed by atoms with Crippen LogP contribution in [0.2, 0.25) is 0 Å². The highest BCUT2D eigenvalue weighted by Crippen LogP contribution is 2.24. The second-order valence-corrected chi connectivity index (χ2v) is 8.36. The molecule has 156 valence electrons. The van der Waals surface area contributed by atoms with Crippen LogP contribution >= 0.6 is 0 Å². The number of benzene rings is 2. The van der Waals surface area contributed by atoms with Crippen LogP contribution in [0.25, 0.3) is 0 Å². The summed E-state index contributed by atoms with van der Waals surface area (Å²) < 4.78 is 28.6. The quantitative estimate of drug-likeness (QED) is 0.314. The zero-order valence-electron chi connectivity index (χ0n) is 15.5. The van der Waals surface area contributed by atoms with Crippen molar-refractivity contribution in [2.24, 2.45) is 0 Å². The summed E-state index contributed by atoms with van der Waals surface area (Å²) >= 11 is 0. The van der Waals surface area contributed by atoms with Crippen LogP contribution < -0.4 is 10.6 Å². The van der Waals surface area contributed by atoms with Gasteiger partial charge < -0.3 is 15.4 Å². The van der Waals surface area contributed by atoms with Crippen LogP contribution in [-0.2, 0) is 19.4 Å². The summed E-state index contributed by atoms with van der Waals surface area (Å²) in [6.07, 6.45) is 1.39. The highest BCUT2D eigenvalue weighted by atomic mass is 32.2. The topological polar surface area (TPSA) is 150 Å². The highest BCUT2D eigenvalue weighted by Gasteiger charge is 2.32. The molecular weight excluding hydrogens is 414 g/mol. The van der Waals surface area contributed by atoms with Crippen molar-refractivity contribution >= 4 is 38.8 Å². The van der Waals surface area contributed by atoms with Crippen LogP contribution in [0.15, 0.2) is 60.0 Å². The van der Waals surface area contributed by atoms with E-state index in [1.54, 1.807) is 30.3 Å². The molecule has 0 spiro atoms. The number of hydrogen-bond acceptors (Lipinski definition) is 8. The van der Waals surface area contributed by atoms with Crippen LogP contribution in [0.5, 0.6) is 0 Å². The Morgan fingerprint density at radius 3 is 2.50 bits per heavy atom. The van der Waals surface area contributed by atoms with E-state index in [1.165, 1.54) is 23.1 Å². The number of rotatable bonds is 6. The number of nitrogens with two attached hydrogens (primary N) is 1. The van der Waals surface area contributed by atoms with Gasteiger partial charge >= 0.3 is 5.97 Å². The average Bonchev–Trinajstić information content (AvgIpc) is 3.06. The van der Waals surface area contributed by atoms with Gasteiger partial charge in [0, 0.05) is 17.2 Å². The lowest BCUT2D eigenvalue weighted by molar-refractivity contribution is -0.383. The van der Waals surface area contributed by atoms with Gasteiger partial charge in [-0.3, -0.25) is 14.9 Å². The van der Waals surface area contributed by atoms with E-state index in [9.17, 15) is 28.1 Å². The van der Waals surface area contributed by atoms with Gasteiger partial charge in [-0.2, -0.15) is 0 Å². The van der Waals surface area contributed by atoms with Gasteiger partial charge in [0.05, 0.1) is 22.3 Å². The number of nitro groups is 1. The van der Waals surface area contributed by atoms with Gasteiger partial charge in [-0.05, 0) is 30.3 Å². The van der Waals surface area contributed by atoms with Crippen molar-refractivity contribution in [3.8, 4) is 0 Å². The van der Waals surface area contributed by atoms with Crippen LogP contribution in [-0.4, -0.2) is 43.6 Å². The Bertz CT molecular complexity index is 1130. The summed E-state index contributed by atoms with van der Waals surface area (Å²) in [6, 6.07) is 11.0. The maximum atomic E-state index is 12.8. The Kier molecular flexibility index (Phi) is 5.83. The summed E-state index contributed by atoms with van der Waals surface area (Å²) in [6.45, 7) is -0.684. The number of nitrogens with zero attached hydrogens (tertiary/aromatic N) is 2. The van der Waals surface area contributed by atoms with Crippen molar-refractivity contribution in [2.75, 3.05) is 23.0 Å². The molecule has 2 aromatic rings. The Balaban J connectivity index is 1.77. The summed E-state index contributed by atoms with van der Waals surface area (Å²) in [5.41, 5.74) is 5.23. The Labute approximate surface area is 171 Å². The molecule has 0 saturated heterocycles. The first-order valence-electron chi connectivity index (χ1n) is 8.67. The minimum atomic E-state index is -3.43. The van der Waals surface area contributed by atoms with E-state index in [0.717, 1.165) is 11.5 Å². The van der Waals surface area contributed by atoms with Crippen molar-refractivity contribution in [1.82, 2.24) is 0 Å². The normalized spacial score (nSPS) is 16.7. The second kappa shape index (κ2) is 8.33. The number of esters is 1. The van der Waals surface area contributed by atoms with Gasteiger partial charge in [-0.25, -0.2) is 13.2 Å². The number of anilines is 2. The average molecular weight is 431 g/mol. The van der Waals surface area contributed by atoms with E-state index in [2.05, 4.69) is 0 Å². The molecule has 0 fully saturated rings. The minimum absolute atomic E-state index is 0.114. The van der Waals surface area contributed by atoms with E-state index in [-0.39, 0.29) is 17.0 Å². The Morgan fingerprint density at radius 2 is 1.90 bits per heavy atom. The monoisotopic (exact) mass is 431 g/mol. The zero-order valence-corrected chi connectivity index (χ0v) is 16.3. The largest absolute Gasteiger partial charge is 0.452 e. The number of ether oxygens (including phenoxy) is 1. The summed E-state index contributed by atoms with van der Waals surface area (Å²) in [5.74, 6) is -1.88. The van der Waals surface area contributed by atoms with E-state index in [1.807, 2.05) is 0 Å². The van der Waals surface area contributed by atoms with Crippen molar-refractivity contribution in [3.05, 3.63) is 75.7 Å². The van der Waals surface area contributed by atoms with Crippen LogP contribution in [0.1, 0.15) is 10.4 Å². The predicted octanol–water partition coefficient (Wildman–Crippen LogP) is 1.68. The standard InChI is InChI=1S/C19H17N3O7S/c20-16-7-6-13(10-17(16)22(25)26)19(24)29-11-18(23)21(14-4-2-1-3-5-14)15-8-9-30(27,28)12-15/h1-10,15H,11-12,20H2. The molecule has 1 amide bonds. The first kappa shape index (κ1) is 21.0. The molecule has 0 bridgehead atoms. The number of carbonyl (C=O) groups is 2. The summed E-state index contributed by atoms with van der Waals surface area (Å²) in [5, 5.41) is 12.0. The van der Waals surface area contributed by atoms with Gasteiger partial charge in [-0.15, -0.1) is 0 Å². The lowest BCUT2D eigenvalue weighted by Gasteiger charge is -2.27. The fourth-order valence-corrected chi connectivity index (χ4v) is 4.21. The first-order chi connectivity index (χ1) is 14.2. The number of amides is 1. The van der Waals surface area contributed by atoms with E-state index in [0.29, 0.717) is 5.69 Å². The minimum Gasteiger partial charge on any atom is -0.452 e. The highest BCUT2D eigenvalue weighted by molar-refractivity contribution is 7.94. The van der Waals surface area contributed by atoms with Gasteiger partial charge in [0.2, 0.25) is 0 Å². The third kappa shape index (κ3) is 4.63. The Hall–Kier alpha value is -3.73. The number of nitrogen functional groups attached to an aromatic ring is 1. The number of hydrogen-bond donors (Lipinski definition) is 1. The molecule has 10 nitrogen and oxygen atoms in total. The molecule has 2 aromatic carbocycles.